The summed E-state index contributed by atoms with van der Waals surface area (Å²) < 4.78 is 1.67. The number of nitrogen functional groups attached to an aromatic ring is 1. The molecule has 0 aliphatic carbocycles. The maximum Gasteiger partial charge on any atom is 0.180 e. The highest BCUT2D eigenvalue weighted by Crippen LogP contribution is 2.18. The van der Waals surface area contributed by atoms with Gasteiger partial charge in [-0.15, -0.1) is 5.10 Å². The minimum atomic E-state index is 0.393. The number of hydrogen-bond donors (Lipinski definition) is 1. The molecule has 2 N–H and O–H groups in total. The normalized spacial score (nSPS) is 10.8. The number of halogens is 1. The lowest BCUT2D eigenvalue weighted by atomic mass is 10.4. The van der Waals surface area contributed by atoms with Crippen molar-refractivity contribution in [1.82, 2.24) is 19.7 Å². The van der Waals surface area contributed by atoms with Crippen LogP contribution >= 0.6 is 11.6 Å². The maximum atomic E-state index is 5.89. The second-order valence-corrected chi connectivity index (χ2v) is 4.00. The van der Waals surface area contributed by atoms with Crippen molar-refractivity contribution in [2.45, 2.75) is 26.7 Å². The van der Waals surface area contributed by atoms with Gasteiger partial charge in [0, 0.05) is 12.8 Å². The summed E-state index contributed by atoms with van der Waals surface area (Å²) in [5.41, 5.74) is 6.42. The fourth-order valence-electron chi connectivity index (χ4n) is 1.55. The van der Waals surface area contributed by atoms with Crippen molar-refractivity contribution in [2.75, 3.05) is 5.73 Å². The fraction of sp³-hybridized carbons (Fsp3) is 0.364. The molecule has 0 aliphatic heterocycles. The van der Waals surface area contributed by atoms with Crippen molar-refractivity contribution >= 4 is 17.3 Å². The number of rotatable bonds is 3. The summed E-state index contributed by atoms with van der Waals surface area (Å²) >= 11 is 5.87. The van der Waals surface area contributed by atoms with Gasteiger partial charge in [0.15, 0.2) is 11.6 Å². The van der Waals surface area contributed by atoms with Crippen LogP contribution in [-0.2, 0) is 12.8 Å². The van der Waals surface area contributed by atoms with E-state index in [1.54, 1.807) is 16.8 Å². The topological polar surface area (TPSA) is 69.6 Å². The second kappa shape index (κ2) is 4.71. The molecule has 0 radical (unpaired) electrons. The summed E-state index contributed by atoms with van der Waals surface area (Å²) in [5, 5.41) is 4.77. The molecule has 90 valence electrons. The predicted octanol–water partition coefficient (Wildman–Crippen LogP) is 2.02. The molecular formula is C11H14ClN5. The van der Waals surface area contributed by atoms with Gasteiger partial charge >= 0.3 is 0 Å². The molecule has 5 nitrogen and oxygen atoms in total. The Morgan fingerprint density at radius 2 is 2.00 bits per heavy atom. The highest BCUT2D eigenvalue weighted by atomic mass is 35.5. The Morgan fingerprint density at radius 3 is 2.65 bits per heavy atom. The van der Waals surface area contributed by atoms with Crippen LogP contribution < -0.4 is 5.73 Å². The molecule has 0 aliphatic rings. The summed E-state index contributed by atoms with van der Waals surface area (Å²) in [7, 11) is 0. The van der Waals surface area contributed by atoms with Crippen LogP contribution in [0.2, 0.25) is 5.15 Å². The molecule has 0 atom stereocenters. The molecule has 0 amide bonds. The van der Waals surface area contributed by atoms with Crippen LogP contribution in [0.1, 0.15) is 25.5 Å². The molecular weight excluding hydrogens is 238 g/mol. The summed E-state index contributed by atoms with van der Waals surface area (Å²) in [4.78, 5) is 8.61. The number of aryl methyl sites for hydroxylation is 2. The lowest BCUT2D eigenvalue weighted by Crippen LogP contribution is -2.08. The number of aromatic nitrogens is 4. The van der Waals surface area contributed by atoms with Gasteiger partial charge in [-0.25, -0.2) is 9.97 Å². The first-order valence-electron chi connectivity index (χ1n) is 5.52. The van der Waals surface area contributed by atoms with Crippen LogP contribution in [0.25, 0.3) is 5.82 Å². The Labute approximate surface area is 105 Å². The standard InChI is InChI=1S/C11H14ClN5/c1-3-9-15-10(4-2)17(16-9)11-7(13)5-6-8(12)14-11/h5-6H,3-4,13H2,1-2H3. The fourth-order valence-corrected chi connectivity index (χ4v) is 1.69. The first-order valence-corrected chi connectivity index (χ1v) is 5.90. The van der Waals surface area contributed by atoms with Gasteiger partial charge in [-0.05, 0) is 12.1 Å². The van der Waals surface area contributed by atoms with Crippen LogP contribution in [0.3, 0.4) is 0 Å². The van der Waals surface area contributed by atoms with Crippen molar-refractivity contribution in [2.24, 2.45) is 0 Å². The molecule has 17 heavy (non-hydrogen) atoms. The Kier molecular flexibility index (Phi) is 3.28. The Hall–Kier alpha value is -1.62. The zero-order chi connectivity index (χ0) is 12.4. The van der Waals surface area contributed by atoms with Crippen molar-refractivity contribution < 1.29 is 0 Å². The molecule has 0 unspecified atom stereocenters. The predicted molar refractivity (Wildman–Crippen MR) is 67.3 cm³/mol. The SMILES string of the molecule is CCc1nc(CC)n(-c2nc(Cl)ccc2N)n1. The van der Waals surface area contributed by atoms with E-state index in [4.69, 9.17) is 17.3 Å². The van der Waals surface area contributed by atoms with Crippen LogP contribution in [0.5, 0.6) is 0 Å². The summed E-state index contributed by atoms with van der Waals surface area (Å²) in [5.74, 6) is 2.16. The van der Waals surface area contributed by atoms with Gasteiger partial charge in [0.2, 0.25) is 0 Å². The molecule has 6 heteroatoms. The first kappa shape index (κ1) is 11.9. The number of nitrogens with zero attached hydrogens (tertiary/aromatic N) is 4. The minimum absolute atomic E-state index is 0.393. The lowest BCUT2D eigenvalue weighted by molar-refractivity contribution is 0.771. The Balaban J connectivity index is 2.58. The van der Waals surface area contributed by atoms with E-state index in [0.29, 0.717) is 16.7 Å². The molecule has 0 saturated heterocycles. The third kappa shape index (κ3) is 2.24. The Morgan fingerprint density at radius 1 is 1.24 bits per heavy atom. The summed E-state index contributed by atoms with van der Waals surface area (Å²) in [6.45, 7) is 4.02. The minimum Gasteiger partial charge on any atom is -0.396 e. The van der Waals surface area contributed by atoms with E-state index >= 15 is 0 Å². The smallest absolute Gasteiger partial charge is 0.180 e. The molecule has 2 aromatic rings. The van der Waals surface area contributed by atoms with Crippen LogP contribution in [-0.4, -0.2) is 19.7 Å². The van der Waals surface area contributed by atoms with Gasteiger partial charge in [-0.2, -0.15) is 4.68 Å². The number of nitrogens with two attached hydrogens (primary N) is 1. The van der Waals surface area contributed by atoms with Crippen molar-refractivity contribution in [3.05, 3.63) is 28.9 Å². The molecule has 2 heterocycles. The van der Waals surface area contributed by atoms with E-state index in [1.165, 1.54) is 0 Å². The number of anilines is 1. The van der Waals surface area contributed by atoms with Crippen LogP contribution in [0.15, 0.2) is 12.1 Å². The highest BCUT2D eigenvalue weighted by molar-refractivity contribution is 6.29. The molecule has 0 saturated carbocycles. The van der Waals surface area contributed by atoms with Gasteiger partial charge in [0.05, 0.1) is 5.69 Å². The number of hydrogen-bond acceptors (Lipinski definition) is 4. The molecule has 0 fully saturated rings. The highest BCUT2D eigenvalue weighted by Gasteiger charge is 2.13. The van der Waals surface area contributed by atoms with E-state index in [0.717, 1.165) is 24.5 Å². The Bertz CT molecular complexity index is 535. The van der Waals surface area contributed by atoms with Crippen molar-refractivity contribution in [3.8, 4) is 5.82 Å². The van der Waals surface area contributed by atoms with Gasteiger partial charge in [0.25, 0.3) is 0 Å². The van der Waals surface area contributed by atoms with Crippen molar-refractivity contribution in [3.63, 3.8) is 0 Å². The molecule has 0 aromatic carbocycles. The van der Waals surface area contributed by atoms with Crippen LogP contribution in [0.4, 0.5) is 5.69 Å². The molecule has 2 aromatic heterocycles. The van der Waals surface area contributed by atoms with Gasteiger partial charge in [-0.3, -0.25) is 0 Å². The zero-order valence-electron chi connectivity index (χ0n) is 9.81. The van der Waals surface area contributed by atoms with Crippen LogP contribution in [0, 0.1) is 0 Å². The van der Waals surface area contributed by atoms with Gasteiger partial charge < -0.3 is 5.73 Å². The molecule has 2 rings (SSSR count). The first-order chi connectivity index (χ1) is 8.15. The van der Waals surface area contributed by atoms with Gasteiger partial charge in [0.1, 0.15) is 11.0 Å². The van der Waals surface area contributed by atoms with E-state index in [2.05, 4.69) is 15.1 Å². The third-order valence-electron chi connectivity index (χ3n) is 2.42. The molecule has 0 bridgehead atoms. The van der Waals surface area contributed by atoms with Crippen molar-refractivity contribution in [1.29, 1.82) is 0 Å². The van der Waals surface area contributed by atoms with E-state index in [-0.39, 0.29) is 0 Å². The van der Waals surface area contributed by atoms with E-state index < -0.39 is 0 Å². The third-order valence-corrected chi connectivity index (χ3v) is 2.63. The monoisotopic (exact) mass is 251 g/mol. The molecule has 0 spiro atoms. The average molecular weight is 252 g/mol. The van der Waals surface area contributed by atoms with E-state index in [9.17, 15) is 0 Å². The zero-order valence-corrected chi connectivity index (χ0v) is 10.6. The summed E-state index contributed by atoms with van der Waals surface area (Å²) in [6.07, 6.45) is 1.54. The number of pyridine rings is 1. The maximum absolute atomic E-state index is 5.89. The second-order valence-electron chi connectivity index (χ2n) is 3.61. The van der Waals surface area contributed by atoms with E-state index in [1.807, 2.05) is 13.8 Å². The van der Waals surface area contributed by atoms with Gasteiger partial charge in [-0.1, -0.05) is 25.4 Å². The quantitative estimate of drug-likeness (QED) is 0.848. The summed E-state index contributed by atoms with van der Waals surface area (Å²) in [6, 6.07) is 3.38. The average Bonchev–Trinajstić information content (AvgIpc) is 2.75. The lowest BCUT2D eigenvalue weighted by Gasteiger charge is -2.06. The largest absolute Gasteiger partial charge is 0.396 e.